The highest BCUT2D eigenvalue weighted by molar-refractivity contribution is 7.98. The van der Waals surface area contributed by atoms with Gasteiger partial charge in [-0.2, -0.15) is 0 Å². The molecule has 1 heterocycles. The predicted octanol–water partition coefficient (Wildman–Crippen LogP) is 1.10. The van der Waals surface area contributed by atoms with E-state index in [0.29, 0.717) is 10.7 Å². The van der Waals surface area contributed by atoms with Crippen LogP contribution in [0.3, 0.4) is 0 Å². The van der Waals surface area contributed by atoms with E-state index in [1.807, 2.05) is 6.26 Å². The summed E-state index contributed by atoms with van der Waals surface area (Å²) in [6, 6.07) is 0. The number of nitrogens with zero attached hydrogens (tertiary/aromatic N) is 2. The van der Waals surface area contributed by atoms with Crippen molar-refractivity contribution in [3.05, 3.63) is 10.4 Å². The first-order valence-electron chi connectivity index (χ1n) is 4.52. The van der Waals surface area contributed by atoms with Crippen molar-refractivity contribution in [3.8, 4) is 0 Å². The monoisotopic (exact) mass is 214 g/mol. The summed E-state index contributed by atoms with van der Waals surface area (Å²) < 4.78 is 0. The summed E-state index contributed by atoms with van der Waals surface area (Å²) in [5.41, 5.74) is 0.321. The Morgan fingerprint density at radius 3 is 3.00 bits per heavy atom. The summed E-state index contributed by atoms with van der Waals surface area (Å²) in [6.07, 6.45) is 4.00. The molecule has 1 rings (SSSR count). The number of unbranched alkanes of at least 4 members (excludes halogenated alkanes) is 1. The molecule has 0 aliphatic rings. The van der Waals surface area contributed by atoms with Crippen molar-refractivity contribution in [3.63, 3.8) is 0 Å². The second kappa shape index (κ2) is 5.64. The van der Waals surface area contributed by atoms with Gasteiger partial charge in [0.05, 0.1) is 0 Å². The Kier molecular flexibility index (Phi) is 4.45. The van der Waals surface area contributed by atoms with E-state index in [1.54, 1.807) is 0 Å². The largest absolute Gasteiger partial charge is 0.378 e. The summed E-state index contributed by atoms with van der Waals surface area (Å²) in [4.78, 5) is 11.4. The minimum absolute atomic E-state index is 0.208. The molecule has 14 heavy (non-hydrogen) atoms. The smallest absolute Gasteiger partial charge is 0.291 e. The molecule has 0 aliphatic carbocycles. The fourth-order valence-electron chi connectivity index (χ4n) is 1.01. The first-order chi connectivity index (χ1) is 6.79. The lowest BCUT2D eigenvalue weighted by Gasteiger charge is -2.05. The van der Waals surface area contributed by atoms with Gasteiger partial charge in [-0.15, -0.1) is 16.9 Å². The summed E-state index contributed by atoms with van der Waals surface area (Å²) in [5.74, 6) is 0. The van der Waals surface area contributed by atoms with Gasteiger partial charge in [0.2, 0.25) is 0 Å². The van der Waals surface area contributed by atoms with Gasteiger partial charge in [0, 0.05) is 6.54 Å². The number of aromatic nitrogens is 3. The average Bonchev–Trinajstić information content (AvgIpc) is 2.20. The molecule has 0 radical (unpaired) electrons. The summed E-state index contributed by atoms with van der Waals surface area (Å²) in [6.45, 7) is 2.89. The normalized spacial score (nSPS) is 10.1. The molecule has 0 amide bonds. The molecule has 2 N–H and O–H groups in total. The Bertz CT molecular complexity index is 338. The third-order valence-electron chi connectivity index (χ3n) is 1.76. The highest BCUT2D eigenvalue weighted by Gasteiger charge is 2.06. The van der Waals surface area contributed by atoms with Gasteiger partial charge in [0.1, 0.15) is 10.7 Å². The third kappa shape index (κ3) is 2.73. The van der Waals surface area contributed by atoms with Gasteiger partial charge in [-0.3, -0.25) is 4.79 Å². The van der Waals surface area contributed by atoms with Gasteiger partial charge in [0.15, 0.2) is 0 Å². The number of nitrogens with one attached hydrogen (secondary N) is 2. The third-order valence-corrected chi connectivity index (χ3v) is 2.43. The van der Waals surface area contributed by atoms with Crippen LogP contribution in [0.4, 0.5) is 5.69 Å². The fraction of sp³-hybridized carbons (Fsp3) is 0.625. The lowest BCUT2D eigenvalue weighted by atomic mass is 10.3. The van der Waals surface area contributed by atoms with Gasteiger partial charge >= 0.3 is 0 Å². The summed E-state index contributed by atoms with van der Waals surface area (Å²) in [5, 5.41) is 13.3. The van der Waals surface area contributed by atoms with E-state index in [-0.39, 0.29) is 5.56 Å². The molecular formula is C8H14N4OS. The lowest BCUT2D eigenvalue weighted by Crippen LogP contribution is -2.18. The van der Waals surface area contributed by atoms with Crippen molar-refractivity contribution in [2.75, 3.05) is 18.1 Å². The van der Waals surface area contributed by atoms with Crippen LogP contribution in [0.25, 0.3) is 0 Å². The van der Waals surface area contributed by atoms with E-state index >= 15 is 0 Å². The zero-order valence-electron chi connectivity index (χ0n) is 8.33. The van der Waals surface area contributed by atoms with Crippen LogP contribution in [0, 0.1) is 0 Å². The van der Waals surface area contributed by atoms with Crippen molar-refractivity contribution < 1.29 is 0 Å². The number of rotatable bonds is 5. The molecular weight excluding hydrogens is 200 g/mol. The van der Waals surface area contributed by atoms with Gasteiger partial charge in [-0.25, -0.2) is 5.10 Å². The van der Waals surface area contributed by atoms with Crippen LogP contribution in [0.5, 0.6) is 0 Å². The van der Waals surface area contributed by atoms with Crippen LogP contribution in [0.2, 0.25) is 0 Å². The van der Waals surface area contributed by atoms with Gasteiger partial charge in [-0.05, 0) is 12.7 Å². The topological polar surface area (TPSA) is 70.7 Å². The minimum Gasteiger partial charge on any atom is -0.378 e. The van der Waals surface area contributed by atoms with Crippen LogP contribution in [0.15, 0.2) is 9.82 Å². The van der Waals surface area contributed by atoms with E-state index in [0.717, 1.165) is 19.4 Å². The lowest BCUT2D eigenvalue weighted by molar-refractivity contribution is 0.773. The standard InChI is InChI=1S/C8H14N4OS/c1-3-4-5-9-6-7(13)10-12-11-8(6)14-2/h3-5H2,1-2H3,(H,9,12)(H,10,11,13). The number of thioether (sulfide) groups is 1. The van der Waals surface area contributed by atoms with E-state index in [4.69, 9.17) is 0 Å². The molecule has 1 aromatic heterocycles. The molecule has 0 saturated heterocycles. The highest BCUT2D eigenvalue weighted by Crippen LogP contribution is 2.16. The van der Waals surface area contributed by atoms with E-state index in [1.165, 1.54) is 11.8 Å². The molecule has 0 unspecified atom stereocenters. The van der Waals surface area contributed by atoms with E-state index in [2.05, 4.69) is 27.7 Å². The van der Waals surface area contributed by atoms with Crippen molar-refractivity contribution in [1.29, 1.82) is 0 Å². The predicted molar refractivity (Wildman–Crippen MR) is 57.8 cm³/mol. The van der Waals surface area contributed by atoms with Crippen molar-refractivity contribution in [2.45, 2.75) is 24.8 Å². The van der Waals surface area contributed by atoms with E-state index in [9.17, 15) is 4.79 Å². The van der Waals surface area contributed by atoms with Gasteiger partial charge < -0.3 is 5.32 Å². The number of hydrogen-bond acceptors (Lipinski definition) is 5. The van der Waals surface area contributed by atoms with Crippen molar-refractivity contribution in [1.82, 2.24) is 15.4 Å². The van der Waals surface area contributed by atoms with Crippen LogP contribution in [-0.2, 0) is 0 Å². The minimum atomic E-state index is -0.208. The first-order valence-corrected chi connectivity index (χ1v) is 5.75. The average molecular weight is 214 g/mol. The molecule has 0 aliphatic heterocycles. The zero-order chi connectivity index (χ0) is 10.4. The SMILES string of the molecule is CCCCNc1c(SC)nn[nH]c1=O. The maximum absolute atomic E-state index is 11.4. The summed E-state index contributed by atoms with van der Waals surface area (Å²) >= 11 is 1.41. The molecule has 6 heteroatoms. The van der Waals surface area contributed by atoms with Crippen LogP contribution in [0.1, 0.15) is 19.8 Å². The van der Waals surface area contributed by atoms with Crippen molar-refractivity contribution in [2.24, 2.45) is 0 Å². The molecule has 0 spiro atoms. The Labute approximate surface area is 86.7 Å². The second-order valence-corrected chi connectivity index (χ2v) is 3.60. The number of hydrogen-bond donors (Lipinski definition) is 2. The number of anilines is 1. The molecule has 5 nitrogen and oxygen atoms in total. The molecule has 0 bridgehead atoms. The quantitative estimate of drug-likeness (QED) is 0.567. The Hall–Kier alpha value is -1.04. The van der Waals surface area contributed by atoms with Crippen LogP contribution < -0.4 is 10.9 Å². The first kappa shape index (κ1) is 11.0. The van der Waals surface area contributed by atoms with Crippen LogP contribution in [-0.4, -0.2) is 28.2 Å². The number of aromatic amines is 1. The Morgan fingerprint density at radius 1 is 1.57 bits per heavy atom. The van der Waals surface area contributed by atoms with E-state index < -0.39 is 0 Å². The molecule has 0 fully saturated rings. The Balaban J connectivity index is 2.77. The fourth-order valence-corrected chi connectivity index (χ4v) is 1.50. The van der Waals surface area contributed by atoms with Gasteiger partial charge in [0.25, 0.3) is 5.56 Å². The van der Waals surface area contributed by atoms with Crippen LogP contribution >= 0.6 is 11.8 Å². The zero-order valence-corrected chi connectivity index (χ0v) is 9.15. The Morgan fingerprint density at radius 2 is 2.36 bits per heavy atom. The molecule has 0 atom stereocenters. The molecule has 0 saturated carbocycles. The molecule has 78 valence electrons. The van der Waals surface area contributed by atoms with Crippen molar-refractivity contribution >= 4 is 17.4 Å². The highest BCUT2D eigenvalue weighted by atomic mass is 32.2. The molecule has 0 aromatic carbocycles. The maximum atomic E-state index is 11.4. The number of H-pyrrole nitrogens is 1. The summed E-state index contributed by atoms with van der Waals surface area (Å²) in [7, 11) is 0. The molecule has 1 aromatic rings. The maximum Gasteiger partial charge on any atom is 0.291 e. The second-order valence-electron chi connectivity index (χ2n) is 2.81. The van der Waals surface area contributed by atoms with Gasteiger partial charge in [-0.1, -0.05) is 18.6 Å².